The van der Waals surface area contributed by atoms with Crippen LogP contribution in [0.5, 0.6) is 0 Å². The minimum Gasteiger partial charge on any atom is -0.467 e. The van der Waals surface area contributed by atoms with E-state index in [9.17, 15) is 24.0 Å². The van der Waals surface area contributed by atoms with E-state index in [-0.39, 0.29) is 36.1 Å². The van der Waals surface area contributed by atoms with Gasteiger partial charge in [0.1, 0.15) is 35.0 Å². The highest BCUT2D eigenvalue weighted by atomic mass is 32.2. The van der Waals surface area contributed by atoms with Crippen LogP contribution in [0.3, 0.4) is 0 Å². The number of methoxy groups -OCH3 is 1. The lowest BCUT2D eigenvalue weighted by atomic mass is 9.93. The lowest BCUT2D eigenvalue weighted by Gasteiger charge is -2.51. The normalized spacial score (nSPS) is 21.9. The Hall–Kier alpha value is -2.77. The van der Waals surface area contributed by atoms with Crippen LogP contribution in [0.25, 0.3) is 0 Å². The summed E-state index contributed by atoms with van der Waals surface area (Å²) in [5, 5.41) is 7.50. The summed E-state index contributed by atoms with van der Waals surface area (Å²) >= 11 is 7.54. The predicted molar refractivity (Wildman–Crippen MR) is 133 cm³/mol. The molecule has 4 atom stereocenters. The SMILES string of the molecule is COC(=O)C(CCC=S)NC(=O)C1=C(COC(C)=O)C(NC(C)=O)S[C@@H]2[C@H](c3cccs3)C(=O)N12. The first-order valence-electron chi connectivity index (χ1n) is 10.7. The van der Waals surface area contributed by atoms with Crippen molar-refractivity contribution in [2.45, 2.75) is 49.4 Å². The van der Waals surface area contributed by atoms with Crippen LogP contribution in [0.1, 0.15) is 37.5 Å². The topological polar surface area (TPSA) is 131 Å². The molecule has 0 saturated carbocycles. The summed E-state index contributed by atoms with van der Waals surface area (Å²) in [4.78, 5) is 64.8. The van der Waals surface area contributed by atoms with Crippen LogP contribution >= 0.6 is 35.3 Å². The molecule has 0 aliphatic carbocycles. The number of carbonyl (C=O) groups is 5. The third-order valence-electron chi connectivity index (χ3n) is 5.37. The number of fused-ring (bicyclic) bond motifs is 1. The number of thiocarbonyl (C=S) groups is 1. The summed E-state index contributed by atoms with van der Waals surface area (Å²) in [6.07, 6.45) is 0.568. The molecule has 1 fully saturated rings. The van der Waals surface area contributed by atoms with E-state index in [1.54, 1.807) is 0 Å². The van der Waals surface area contributed by atoms with Gasteiger partial charge in [0.15, 0.2) is 0 Å². The van der Waals surface area contributed by atoms with Crippen molar-refractivity contribution in [2.75, 3.05) is 13.7 Å². The van der Waals surface area contributed by atoms with Gasteiger partial charge in [-0.05, 0) is 29.7 Å². The van der Waals surface area contributed by atoms with Crippen LogP contribution in [0, 0.1) is 0 Å². The molecular formula is C22H25N3O7S3. The Labute approximate surface area is 215 Å². The molecule has 3 rings (SSSR count). The van der Waals surface area contributed by atoms with Gasteiger partial charge in [0, 0.05) is 24.3 Å². The van der Waals surface area contributed by atoms with Gasteiger partial charge < -0.3 is 20.1 Å². The van der Waals surface area contributed by atoms with Crippen molar-refractivity contribution in [1.29, 1.82) is 0 Å². The molecule has 35 heavy (non-hydrogen) atoms. The Kier molecular flexibility index (Phi) is 9.03. The molecule has 3 amide bonds. The maximum absolute atomic E-state index is 13.5. The number of esters is 2. The molecule has 0 radical (unpaired) electrons. The summed E-state index contributed by atoms with van der Waals surface area (Å²) in [6.45, 7) is 2.23. The molecule has 10 nitrogen and oxygen atoms in total. The van der Waals surface area contributed by atoms with Gasteiger partial charge >= 0.3 is 11.9 Å². The van der Waals surface area contributed by atoms with Crippen molar-refractivity contribution >= 4 is 70.3 Å². The summed E-state index contributed by atoms with van der Waals surface area (Å²) in [7, 11) is 1.20. The average molecular weight is 540 g/mol. The predicted octanol–water partition coefficient (Wildman–Crippen LogP) is 1.46. The number of nitrogens with one attached hydrogen (secondary N) is 2. The third-order valence-corrected chi connectivity index (χ3v) is 8.00. The molecule has 188 valence electrons. The first kappa shape index (κ1) is 26.8. The van der Waals surface area contributed by atoms with E-state index in [1.165, 1.54) is 54.3 Å². The smallest absolute Gasteiger partial charge is 0.328 e. The summed E-state index contributed by atoms with van der Waals surface area (Å²) in [6, 6.07) is 2.67. The minimum atomic E-state index is -1.01. The summed E-state index contributed by atoms with van der Waals surface area (Å²) < 4.78 is 9.97. The number of nitrogens with zero attached hydrogens (tertiary/aromatic N) is 1. The molecule has 1 aromatic rings. The highest BCUT2D eigenvalue weighted by Crippen LogP contribution is 2.51. The van der Waals surface area contributed by atoms with Gasteiger partial charge in [-0.1, -0.05) is 18.3 Å². The maximum atomic E-state index is 13.5. The Morgan fingerprint density at radius 1 is 1.29 bits per heavy atom. The van der Waals surface area contributed by atoms with E-state index in [2.05, 4.69) is 10.6 Å². The van der Waals surface area contributed by atoms with Crippen LogP contribution in [0.15, 0.2) is 28.8 Å². The number of hydrogen-bond donors (Lipinski definition) is 2. The van der Waals surface area contributed by atoms with Gasteiger partial charge in [0.25, 0.3) is 5.91 Å². The second-order valence-corrected chi connectivity index (χ2v) is 10.3. The number of ether oxygens (including phenoxy) is 2. The molecule has 0 spiro atoms. The fourth-order valence-corrected chi connectivity index (χ4v) is 6.49. The van der Waals surface area contributed by atoms with Crippen LogP contribution in [-0.4, -0.2) is 70.4 Å². The zero-order valence-corrected chi connectivity index (χ0v) is 21.7. The van der Waals surface area contributed by atoms with Crippen molar-refractivity contribution in [2.24, 2.45) is 0 Å². The van der Waals surface area contributed by atoms with Gasteiger partial charge in [-0.25, -0.2) is 4.79 Å². The number of rotatable bonds is 10. The van der Waals surface area contributed by atoms with Gasteiger partial charge in [0.05, 0.1) is 7.11 Å². The van der Waals surface area contributed by atoms with Crippen LogP contribution in [-0.2, 0) is 33.4 Å². The van der Waals surface area contributed by atoms with Gasteiger partial charge in [0.2, 0.25) is 11.8 Å². The molecule has 2 N–H and O–H groups in total. The molecule has 1 aromatic heterocycles. The lowest BCUT2D eigenvalue weighted by molar-refractivity contribution is -0.146. The van der Waals surface area contributed by atoms with E-state index in [1.807, 2.05) is 17.5 Å². The van der Waals surface area contributed by atoms with E-state index in [0.717, 1.165) is 4.88 Å². The molecule has 0 aromatic carbocycles. The highest BCUT2D eigenvalue weighted by molar-refractivity contribution is 8.00. The molecular weight excluding hydrogens is 514 g/mol. The van der Waals surface area contributed by atoms with E-state index in [0.29, 0.717) is 6.42 Å². The molecule has 2 aliphatic rings. The zero-order chi connectivity index (χ0) is 25.7. The number of β-lactam (4-membered cyclic amide) rings is 1. The fourth-order valence-electron chi connectivity index (χ4n) is 3.81. The second kappa shape index (κ2) is 11.8. The number of carbonyl (C=O) groups excluding carboxylic acids is 5. The van der Waals surface area contributed by atoms with Crippen molar-refractivity contribution in [3.63, 3.8) is 0 Å². The summed E-state index contributed by atoms with van der Waals surface area (Å²) in [5.74, 6) is -3.13. The van der Waals surface area contributed by atoms with Crippen LogP contribution < -0.4 is 10.6 Å². The Morgan fingerprint density at radius 2 is 2.03 bits per heavy atom. The molecule has 13 heteroatoms. The minimum absolute atomic E-state index is 0.0530. The fraction of sp³-hybridized carbons (Fsp3) is 0.455. The van der Waals surface area contributed by atoms with Crippen LogP contribution in [0.4, 0.5) is 0 Å². The summed E-state index contributed by atoms with van der Waals surface area (Å²) in [5.41, 5.74) is 0.188. The van der Waals surface area contributed by atoms with Crippen LogP contribution in [0.2, 0.25) is 0 Å². The highest BCUT2D eigenvalue weighted by Gasteiger charge is 2.56. The first-order valence-corrected chi connectivity index (χ1v) is 13.0. The molecule has 0 bridgehead atoms. The van der Waals surface area contributed by atoms with Crippen molar-refractivity contribution in [3.8, 4) is 0 Å². The van der Waals surface area contributed by atoms with Gasteiger partial charge in [-0.2, -0.15) is 0 Å². The van der Waals surface area contributed by atoms with Crippen molar-refractivity contribution < 1.29 is 33.4 Å². The number of thiophene rings is 1. The molecule has 3 heterocycles. The number of hydrogen-bond acceptors (Lipinski definition) is 10. The van der Waals surface area contributed by atoms with E-state index in [4.69, 9.17) is 21.7 Å². The van der Waals surface area contributed by atoms with E-state index >= 15 is 0 Å². The average Bonchev–Trinajstić information content (AvgIpc) is 3.32. The molecule has 2 aliphatic heterocycles. The Balaban J connectivity index is 2.03. The number of amides is 3. The second-order valence-electron chi connectivity index (χ2n) is 7.76. The Morgan fingerprint density at radius 3 is 2.60 bits per heavy atom. The first-order chi connectivity index (χ1) is 16.7. The third kappa shape index (κ3) is 5.90. The van der Waals surface area contributed by atoms with Crippen molar-refractivity contribution in [3.05, 3.63) is 33.7 Å². The Bertz CT molecular complexity index is 1060. The monoisotopic (exact) mass is 539 g/mol. The van der Waals surface area contributed by atoms with Gasteiger partial charge in [-0.15, -0.1) is 23.1 Å². The largest absolute Gasteiger partial charge is 0.467 e. The van der Waals surface area contributed by atoms with E-state index < -0.39 is 40.6 Å². The van der Waals surface area contributed by atoms with Gasteiger partial charge in [-0.3, -0.25) is 24.1 Å². The van der Waals surface area contributed by atoms with Crippen molar-refractivity contribution in [1.82, 2.24) is 15.5 Å². The number of thioether (sulfide) groups is 1. The zero-order valence-electron chi connectivity index (χ0n) is 19.3. The standard InChI is InChI=1S/C22H25N3O7S3/c1-11(26)23-19-13(10-32-12(2)27)17(18(28)24-14(6-4-8-33)22(30)31-3)25-20(29)16(21(25)35-19)15-7-5-9-34-15/h5,7-9,14,16,19,21H,4,6,10H2,1-3H3,(H,23,26)(H,24,28)/t14?,16-,19?,21-/m1/s1. The molecule has 2 unspecified atom stereocenters. The lowest BCUT2D eigenvalue weighted by Crippen LogP contribution is -2.63. The molecule has 1 saturated heterocycles. The maximum Gasteiger partial charge on any atom is 0.328 e. The quantitative estimate of drug-likeness (QED) is 0.258.